The number of hydrogen-bond acceptors (Lipinski definition) is 4. The van der Waals surface area contributed by atoms with Crippen LogP contribution >= 0.6 is 0 Å². The highest BCUT2D eigenvalue weighted by atomic mass is 16.1. The molecule has 0 radical (unpaired) electrons. The Morgan fingerprint density at radius 2 is 2.00 bits per heavy atom. The van der Waals surface area contributed by atoms with Crippen molar-refractivity contribution >= 4 is 5.91 Å². The van der Waals surface area contributed by atoms with Crippen molar-refractivity contribution in [3.05, 3.63) is 64.6 Å². The summed E-state index contributed by atoms with van der Waals surface area (Å²) in [6.07, 6.45) is 2.52. The standard InChI is InChI=1S/C17H20N4O2/c18-14-11-19-9-8-15(14)20-17(23)12-4-6-13(7-5-12)21-10-2-1-3-16(21)22/h1-7,10,14-15,19H,8-9,11,18H2,(H,20,23). The van der Waals surface area contributed by atoms with Crippen molar-refractivity contribution in [3.63, 3.8) is 0 Å². The number of nitrogens with zero attached hydrogens (tertiary/aromatic N) is 1. The van der Waals surface area contributed by atoms with E-state index in [4.69, 9.17) is 5.73 Å². The number of carbonyl (C=O) groups is 1. The molecule has 1 aromatic carbocycles. The molecule has 4 N–H and O–H groups in total. The highest BCUT2D eigenvalue weighted by Gasteiger charge is 2.23. The van der Waals surface area contributed by atoms with Crippen molar-refractivity contribution in [3.8, 4) is 5.69 Å². The molecule has 1 saturated heterocycles. The summed E-state index contributed by atoms with van der Waals surface area (Å²) in [5.74, 6) is -0.140. The monoisotopic (exact) mass is 312 g/mol. The minimum absolute atomic E-state index is 0.0137. The van der Waals surface area contributed by atoms with Crippen molar-refractivity contribution < 1.29 is 4.79 Å². The number of carbonyl (C=O) groups excluding carboxylic acids is 1. The Bertz CT molecular complexity index is 739. The van der Waals surface area contributed by atoms with E-state index in [1.807, 2.05) is 0 Å². The fraction of sp³-hybridized carbons (Fsp3) is 0.294. The molecule has 2 aromatic rings. The zero-order valence-corrected chi connectivity index (χ0v) is 12.7. The predicted octanol–water partition coefficient (Wildman–Crippen LogP) is 0.257. The topological polar surface area (TPSA) is 89.2 Å². The Balaban J connectivity index is 1.73. The normalized spacial score (nSPS) is 20.9. The van der Waals surface area contributed by atoms with E-state index in [0.29, 0.717) is 12.1 Å². The van der Waals surface area contributed by atoms with Crippen LogP contribution in [0.3, 0.4) is 0 Å². The second-order valence-corrected chi connectivity index (χ2v) is 5.69. The van der Waals surface area contributed by atoms with Crippen LogP contribution in [0.15, 0.2) is 53.5 Å². The lowest BCUT2D eigenvalue weighted by Crippen LogP contribution is -2.56. The lowest BCUT2D eigenvalue weighted by Gasteiger charge is -2.30. The Morgan fingerprint density at radius 3 is 2.70 bits per heavy atom. The molecule has 1 amide bonds. The largest absolute Gasteiger partial charge is 0.348 e. The van der Waals surface area contributed by atoms with E-state index in [-0.39, 0.29) is 23.6 Å². The number of piperidine rings is 1. The van der Waals surface area contributed by atoms with Gasteiger partial charge in [0, 0.05) is 42.1 Å². The minimum atomic E-state index is -0.140. The first-order chi connectivity index (χ1) is 11.1. The van der Waals surface area contributed by atoms with Gasteiger partial charge in [0.15, 0.2) is 0 Å². The number of nitrogens with one attached hydrogen (secondary N) is 2. The van der Waals surface area contributed by atoms with Gasteiger partial charge >= 0.3 is 0 Å². The predicted molar refractivity (Wildman–Crippen MR) is 88.8 cm³/mol. The molecule has 1 aliphatic heterocycles. The number of benzene rings is 1. The van der Waals surface area contributed by atoms with E-state index in [1.165, 1.54) is 10.6 Å². The van der Waals surface area contributed by atoms with Crippen LogP contribution in [-0.4, -0.2) is 35.6 Å². The SMILES string of the molecule is NC1CNCCC1NC(=O)c1ccc(-n2ccccc2=O)cc1. The third-order valence-electron chi connectivity index (χ3n) is 4.08. The van der Waals surface area contributed by atoms with Crippen LogP contribution < -0.4 is 21.9 Å². The maximum Gasteiger partial charge on any atom is 0.255 e. The molecule has 2 heterocycles. The molecule has 1 fully saturated rings. The van der Waals surface area contributed by atoms with Crippen LogP contribution in [0.5, 0.6) is 0 Å². The molecule has 6 nitrogen and oxygen atoms in total. The highest BCUT2D eigenvalue weighted by molar-refractivity contribution is 5.94. The Labute approximate surface area is 134 Å². The molecule has 1 aromatic heterocycles. The number of rotatable bonds is 3. The Hall–Kier alpha value is -2.44. The average Bonchev–Trinajstić information content (AvgIpc) is 2.57. The molecule has 0 saturated carbocycles. The fourth-order valence-corrected chi connectivity index (χ4v) is 2.73. The molecule has 120 valence electrons. The first-order valence-corrected chi connectivity index (χ1v) is 7.70. The number of amides is 1. The van der Waals surface area contributed by atoms with Gasteiger partial charge in [-0.15, -0.1) is 0 Å². The molecule has 0 aliphatic carbocycles. The van der Waals surface area contributed by atoms with Gasteiger partial charge in [-0.1, -0.05) is 6.07 Å². The van der Waals surface area contributed by atoms with Crippen molar-refractivity contribution in [1.29, 1.82) is 0 Å². The molecular weight excluding hydrogens is 292 g/mol. The van der Waals surface area contributed by atoms with E-state index < -0.39 is 0 Å². The van der Waals surface area contributed by atoms with E-state index in [2.05, 4.69) is 10.6 Å². The van der Waals surface area contributed by atoms with E-state index >= 15 is 0 Å². The maximum atomic E-state index is 12.3. The first kappa shape index (κ1) is 15.5. The van der Waals surface area contributed by atoms with Crippen LogP contribution in [0.2, 0.25) is 0 Å². The lowest BCUT2D eigenvalue weighted by molar-refractivity contribution is 0.0924. The summed E-state index contributed by atoms with van der Waals surface area (Å²) in [4.78, 5) is 24.1. The summed E-state index contributed by atoms with van der Waals surface area (Å²) in [6, 6.07) is 11.9. The molecule has 2 unspecified atom stereocenters. The second-order valence-electron chi connectivity index (χ2n) is 5.69. The smallest absolute Gasteiger partial charge is 0.255 e. The van der Waals surface area contributed by atoms with Crippen LogP contribution in [0.1, 0.15) is 16.8 Å². The lowest BCUT2D eigenvalue weighted by atomic mass is 10.0. The van der Waals surface area contributed by atoms with Gasteiger partial charge in [0.05, 0.1) is 0 Å². The molecule has 0 spiro atoms. The van der Waals surface area contributed by atoms with Crippen molar-refractivity contribution in [1.82, 2.24) is 15.2 Å². The van der Waals surface area contributed by atoms with Crippen LogP contribution in [0, 0.1) is 0 Å². The van der Waals surface area contributed by atoms with Gasteiger partial charge in [-0.2, -0.15) is 0 Å². The molecule has 2 atom stereocenters. The highest BCUT2D eigenvalue weighted by Crippen LogP contribution is 2.09. The molecule has 3 rings (SSSR count). The number of pyridine rings is 1. The van der Waals surface area contributed by atoms with Crippen molar-refractivity contribution in [2.75, 3.05) is 13.1 Å². The van der Waals surface area contributed by atoms with Gasteiger partial charge < -0.3 is 16.4 Å². The molecular formula is C17H20N4O2. The summed E-state index contributed by atoms with van der Waals surface area (Å²) < 4.78 is 1.53. The minimum Gasteiger partial charge on any atom is -0.348 e. The third kappa shape index (κ3) is 3.49. The van der Waals surface area contributed by atoms with Crippen LogP contribution in [-0.2, 0) is 0 Å². The first-order valence-electron chi connectivity index (χ1n) is 7.70. The summed E-state index contributed by atoms with van der Waals surface area (Å²) in [6.45, 7) is 1.56. The van der Waals surface area contributed by atoms with Crippen LogP contribution in [0.4, 0.5) is 0 Å². The average molecular weight is 312 g/mol. The fourth-order valence-electron chi connectivity index (χ4n) is 2.73. The van der Waals surface area contributed by atoms with Crippen molar-refractivity contribution in [2.45, 2.75) is 18.5 Å². The van der Waals surface area contributed by atoms with Gasteiger partial charge in [0.2, 0.25) is 0 Å². The third-order valence-corrected chi connectivity index (χ3v) is 4.08. The molecule has 23 heavy (non-hydrogen) atoms. The molecule has 6 heteroatoms. The van der Waals surface area contributed by atoms with Gasteiger partial charge in [-0.05, 0) is 43.3 Å². The van der Waals surface area contributed by atoms with Crippen LogP contribution in [0.25, 0.3) is 5.69 Å². The molecule has 1 aliphatic rings. The van der Waals surface area contributed by atoms with E-state index in [1.54, 1.807) is 42.6 Å². The summed E-state index contributed by atoms with van der Waals surface area (Å²) in [5.41, 5.74) is 7.19. The van der Waals surface area contributed by atoms with Crippen molar-refractivity contribution in [2.24, 2.45) is 5.73 Å². The number of nitrogens with two attached hydrogens (primary N) is 1. The zero-order valence-electron chi connectivity index (χ0n) is 12.7. The van der Waals surface area contributed by atoms with Gasteiger partial charge in [-0.3, -0.25) is 14.2 Å². The van der Waals surface area contributed by atoms with E-state index in [0.717, 1.165) is 18.7 Å². The Morgan fingerprint density at radius 1 is 1.22 bits per heavy atom. The van der Waals surface area contributed by atoms with E-state index in [9.17, 15) is 9.59 Å². The summed E-state index contributed by atoms with van der Waals surface area (Å²) >= 11 is 0. The Kier molecular flexibility index (Phi) is 4.55. The van der Waals surface area contributed by atoms with Gasteiger partial charge in [-0.25, -0.2) is 0 Å². The quantitative estimate of drug-likeness (QED) is 0.758. The number of aromatic nitrogens is 1. The summed E-state index contributed by atoms with van der Waals surface area (Å²) in [5, 5.41) is 6.18. The number of hydrogen-bond donors (Lipinski definition) is 3. The summed E-state index contributed by atoms with van der Waals surface area (Å²) in [7, 11) is 0. The molecule has 0 bridgehead atoms. The maximum absolute atomic E-state index is 12.3. The van der Waals surface area contributed by atoms with Gasteiger partial charge in [0.25, 0.3) is 11.5 Å². The van der Waals surface area contributed by atoms with Gasteiger partial charge in [0.1, 0.15) is 0 Å². The second kappa shape index (κ2) is 6.76. The zero-order chi connectivity index (χ0) is 16.2.